The average molecular weight is 158 g/mol. The molecule has 3 N–H and O–H groups in total. The van der Waals surface area contributed by atoms with Crippen molar-refractivity contribution in [3.8, 4) is 0 Å². The van der Waals surface area contributed by atoms with Gasteiger partial charge in [-0.05, 0) is 13.3 Å². The lowest BCUT2D eigenvalue weighted by Gasteiger charge is -2.15. The van der Waals surface area contributed by atoms with Crippen LogP contribution in [0.4, 0.5) is 0 Å². The van der Waals surface area contributed by atoms with Gasteiger partial charge in [-0.15, -0.1) is 0 Å². The van der Waals surface area contributed by atoms with Crippen LogP contribution < -0.4 is 11.1 Å². The zero-order chi connectivity index (χ0) is 8.85. The highest BCUT2D eigenvalue weighted by molar-refractivity contribution is 5.73. The van der Waals surface area contributed by atoms with Crippen molar-refractivity contribution in [3.05, 3.63) is 0 Å². The van der Waals surface area contributed by atoms with Gasteiger partial charge in [-0.2, -0.15) is 0 Å². The molecule has 0 aliphatic carbocycles. The van der Waals surface area contributed by atoms with Crippen molar-refractivity contribution in [1.29, 1.82) is 0 Å². The summed E-state index contributed by atoms with van der Waals surface area (Å²) in [5.74, 6) is -0.220. The van der Waals surface area contributed by atoms with E-state index < -0.39 is 0 Å². The van der Waals surface area contributed by atoms with Gasteiger partial charge in [0.25, 0.3) is 0 Å². The SMILES string of the molecule is CC(C)NC(C)CCC(N)=O. The minimum absolute atomic E-state index is 0.220. The smallest absolute Gasteiger partial charge is 0.217 e. The molecule has 0 aromatic rings. The molecular formula is C8H18N2O. The summed E-state index contributed by atoms with van der Waals surface area (Å²) in [6.07, 6.45) is 1.30. The van der Waals surface area contributed by atoms with Crippen LogP contribution in [0.15, 0.2) is 0 Å². The molecule has 66 valence electrons. The molecule has 0 saturated carbocycles. The first-order valence-corrected chi connectivity index (χ1v) is 4.06. The molecule has 0 fully saturated rings. The Morgan fingerprint density at radius 2 is 2.00 bits per heavy atom. The van der Waals surface area contributed by atoms with E-state index >= 15 is 0 Å². The molecule has 1 amide bonds. The number of rotatable bonds is 5. The summed E-state index contributed by atoms with van der Waals surface area (Å²) < 4.78 is 0. The molecule has 0 aliphatic heterocycles. The Labute approximate surface area is 68.3 Å². The van der Waals surface area contributed by atoms with E-state index in [-0.39, 0.29) is 5.91 Å². The van der Waals surface area contributed by atoms with Crippen LogP contribution in [0.2, 0.25) is 0 Å². The van der Waals surface area contributed by atoms with E-state index in [1.54, 1.807) is 0 Å². The van der Waals surface area contributed by atoms with E-state index in [0.29, 0.717) is 18.5 Å². The molecule has 0 radical (unpaired) electrons. The lowest BCUT2D eigenvalue weighted by atomic mass is 10.1. The Morgan fingerprint density at radius 3 is 2.36 bits per heavy atom. The van der Waals surface area contributed by atoms with E-state index in [1.807, 2.05) is 0 Å². The third kappa shape index (κ3) is 7.33. The van der Waals surface area contributed by atoms with Gasteiger partial charge in [-0.25, -0.2) is 0 Å². The Bertz CT molecular complexity index is 123. The van der Waals surface area contributed by atoms with Crippen LogP contribution in [-0.4, -0.2) is 18.0 Å². The highest BCUT2D eigenvalue weighted by atomic mass is 16.1. The van der Waals surface area contributed by atoms with E-state index in [0.717, 1.165) is 6.42 Å². The first-order valence-electron chi connectivity index (χ1n) is 4.06. The Balaban J connectivity index is 3.37. The number of amides is 1. The molecule has 1 unspecified atom stereocenters. The van der Waals surface area contributed by atoms with Gasteiger partial charge in [0, 0.05) is 18.5 Å². The topological polar surface area (TPSA) is 55.1 Å². The van der Waals surface area contributed by atoms with Gasteiger partial charge in [0.1, 0.15) is 0 Å². The molecule has 3 nitrogen and oxygen atoms in total. The molecule has 11 heavy (non-hydrogen) atoms. The second kappa shape index (κ2) is 5.13. The van der Waals surface area contributed by atoms with Crippen molar-refractivity contribution in [3.63, 3.8) is 0 Å². The van der Waals surface area contributed by atoms with E-state index in [1.165, 1.54) is 0 Å². The third-order valence-corrected chi connectivity index (χ3v) is 1.44. The van der Waals surface area contributed by atoms with Gasteiger partial charge in [0.2, 0.25) is 5.91 Å². The third-order valence-electron chi connectivity index (χ3n) is 1.44. The maximum absolute atomic E-state index is 10.4. The lowest BCUT2D eigenvalue weighted by Crippen LogP contribution is -2.33. The maximum Gasteiger partial charge on any atom is 0.217 e. The molecule has 0 heterocycles. The molecule has 0 aliphatic rings. The second-order valence-electron chi connectivity index (χ2n) is 3.23. The van der Waals surface area contributed by atoms with Crippen LogP contribution >= 0.6 is 0 Å². The van der Waals surface area contributed by atoms with Gasteiger partial charge < -0.3 is 11.1 Å². The fourth-order valence-electron chi connectivity index (χ4n) is 1.01. The largest absolute Gasteiger partial charge is 0.370 e. The number of hydrogen-bond acceptors (Lipinski definition) is 2. The molecule has 0 aromatic carbocycles. The van der Waals surface area contributed by atoms with Crippen molar-refractivity contribution in [2.24, 2.45) is 5.73 Å². The molecule has 0 spiro atoms. The van der Waals surface area contributed by atoms with Crippen LogP contribution in [-0.2, 0) is 4.79 Å². The molecule has 0 bridgehead atoms. The van der Waals surface area contributed by atoms with Crippen molar-refractivity contribution >= 4 is 5.91 Å². The summed E-state index contributed by atoms with van der Waals surface area (Å²) in [5.41, 5.74) is 5.00. The molecule has 0 saturated heterocycles. The number of carbonyl (C=O) groups excluding carboxylic acids is 1. The van der Waals surface area contributed by atoms with Crippen LogP contribution in [0.5, 0.6) is 0 Å². The highest BCUT2D eigenvalue weighted by Gasteiger charge is 2.04. The highest BCUT2D eigenvalue weighted by Crippen LogP contribution is 1.96. The van der Waals surface area contributed by atoms with Crippen molar-refractivity contribution in [2.75, 3.05) is 0 Å². The number of carbonyl (C=O) groups is 1. The van der Waals surface area contributed by atoms with E-state index in [9.17, 15) is 4.79 Å². The van der Waals surface area contributed by atoms with Crippen LogP contribution in [0, 0.1) is 0 Å². The molecular weight excluding hydrogens is 140 g/mol. The van der Waals surface area contributed by atoms with Gasteiger partial charge in [-0.3, -0.25) is 4.79 Å². The van der Waals surface area contributed by atoms with Gasteiger partial charge in [0.05, 0.1) is 0 Å². The number of primary amides is 1. The number of hydrogen-bond donors (Lipinski definition) is 2. The monoisotopic (exact) mass is 158 g/mol. The Morgan fingerprint density at radius 1 is 1.45 bits per heavy atom. The first-order chi connectivity index (χ1) is 5.02. The van der Waals surface area contributed by atoms with Crippen LogP contribution in [0.1, 0.15) is 33.6 Å². The zero-order valence-electron chi connectivity index (χ0n) is 7.55. The predicted octanol–water partition coefficient (Wildman–Crippen LogP) is 0.638. The quantitative estimate of drug-likeness (QED) is 0.617. The summed E-state index contributed by atoms with van der Waals surface area (Å²) in [4.78, 5) is 10.4. The van der Waals surface area contributed by atoms with Crippen LogP contribution in [0.3, 0.4) is 0 Å². The summed E-state index contributed by atoms with van der Waals surface area (Å²) >= 11 is 0. The number of nitrogens with one attached hydrogen (secondary N) is 1. The standard InChI is InChI=1S/C8H18N2O/c1-6(2)10-7(3)4-5-8(9)11/h6-7,10H,4-5H2,1-3H3,(H2,9,11). The summed E-state index contributed by atoms with van der Waals surface area (Å²) in [7, 11) is 0. The summed E-state index contributed by atoms with van der Waals surface area (Å²) in [6.45, 7) is 6.23. The number of nitrogens with two attached hydrogens (primary N) is 1. The van der Waals surface area contributed by atoms with Crippen molar-refractivity contribution in [2.45, 2.75) is 45.7 Å². The lowest BCUT2D eigenvalue weighted by molar-refractivity contribution is -0.118. The van der Waals surface area contributed by atoms with Gasteiger partial charge >= 0.3 is 0 Å². The fourth-order valence-corrected chi connectivity index (χ4v) is 1.01. The first kappa shape index (κ1) is 10.4. The van der Waals surface area contributed by atoms with E-state index in [2.05, 4.69) is 26.1 Å². The summed E-state index contributed by atoms with van der Waals surface area (Å²) in [6, 6.07) is 0.848. The Kier molecular flexibility index (Phi) is 4.86. The van der Waals surface area contributed by atoms with Crippen molar-refractivity contribution < 1.29 is 4.79 Å². The second-order valence-corrected chi connectivity index (χ2v) is 3.23. The average Bonchev–Trinajstić information content (AvgIpc) is 1.82. The summed E-state index contributed by atoms with van der Waals surface area (Å²) in [5, 5.41) is 3.29. The molecule has 1 atom stereocenters. The Hall–Kier alpha value is -0.570. The van der Waals surface area contributed by atoms with E-state index in [4.69, 9.17) is 5.73 Å². The van der Waals surface area contributed by atoms with Crippen LogP contribution in [0.25, 0.3) is 0 Å². The van der Waals surface area contributed by atoms with Gasteiger partial charge in [0.15, 0.2) is 0 Å². The minimum atomic E-state index is -0.220. The minimum Gasteiger partial charge on any atom is -0.370 e. The normalized spacial score (nSPS) is 13.5. The zero-order valence-corrected chi connectivity index (χ0v) is 7.55. The molecule has 0 aromatic heterocycles. The van der Waals surface area contributed by atoms with Gasteiger partial charge in [-0.1, -0.05) is 13.8 Å². The predicted molar refractivity (Wildman–Crippen MR) is 46.2 cm³/mol. The maximum atomic E-state index is 10.4. The molecule has 3 heteroatoms. The fraction of sp³-hybridized carbons (Fsp3) is 0.875. The van der Waals surface area contributed by atoms with Crippen molar-refractivity contribution in [1.82, 2.24) is 5.32 Å². The molecule has 0 rings (SSSR count).